The second-order valence-corrected chi connectivity index (χ2v) is 5.82. The second kappa shape index (κ2) is 14.1. The first kappa shape index (κ1) is 23.0. The molecule has 0 aromatic heterocycles. The van der Waals surface area contributed by atoms with E-state index in [1.807, 2.05) is 44.2 Å². The van der Waals surface area contributed by atoms with Gasteiger partial charge in [-0.2, -0.15) is 0 Å². The summed E-state index contributed by atoms with van der Waals surface area (Å²) in [7, 11) is 1.66. The van der Waals surface area contributed by atoms with Gasteiger partial charge in [0, 0.05) is 0 Å². The highest BCUT2D eigenvalue weighted by Gasteiger charge is 1.89. The molecule has 0 amide bonds. The van der Waals surface area contributed by atoms with Gasteiger partial charge < -0.3 is 4.74 Å². The van der Waals surface area contributed by atoms with Crippen molar-refractivity contribution in [2.24, 2.45) is 0 Å². The molecule has 0 saturated heterocycles. The van der Waals surface area contributed by atoms with Crippen molar-refractivity contribution in [1.29, 1.82) is 0 Å². The summed E-state index contributed by atoms with van der Waals surface area (Å²) in [5.74, 6) is 0.880. The van der Waals surface area contributed by atoms with Crippen molar-refractivity contribution in [2.45, 2.75) is 27.2 Å². The van der Waals surface area contributed by atoms with Gasteiger partial charge in [0.2, 0.25) is 0 Å². The third kappa shape index (κ3) is 8.55. The van der Waals surface area contributed by atoms with Crippen LogP contribution in [0.4, 0.5) is 0 Å². The zero-order chi connectivity index (χ0) is 20.6. The highest BCUT2D eigenvalue weighted by atomic mass is 16.5. The van der Waals surface area contributed by atoms with Crippen molar-refractivity contribution < 1.29 is 4.74 Å². The molecule has 0 bridgehead atoms. The van der Waals surface area contributed by atoms with Gasteiger partial charge in [0.25, 0.3) is 0 Å². The predicted molar refractivity (Wildman–Crippen MR) is 126 cm³/mol. The first-order valence-electron chi connectivity index (χ1n) is 9.83. The highest BCUT2D eigenvalue weighted by Crippen LogP contribution is 2.11. The number of methoxy groups -OCH3 is 1. The average molecular weight is 373 g/mol. The van der Waals surface area contributed by atoms with Crippen molar-refractivity contribution in [2.75, 3.05) is 7.11 Å². The fraction of sp³-hybridized carbons (Fsp3) is 0.185. The SMILES string of the molecule is C=Cc1ccc(OC)cc1.CC.CCc1ccc(/C=C/c2ccccc2)cc1. The first-order chi connectivity index (χ1) is 13.7. The van der Waals surface area contributed by atoms with Crippen LogP contribution in [-0.4, -0.2) is 7.11 Å². The topological polar surface area (TPSA) is 9.23 Å². The minimum Gasteiger partial charge on any atom is -0.497 e. The largest absolute Gasteiger partial charge is 0.497 e. The van der Waals surface area contributed by atoms with E-state index in [2.05, 4.69) is 74.2 Å². The minimum absolute atomic E-state index is 0.880. The Balaban J connectivity index is 0.000000281. The summed E-state index contributed by atoms with van der Waals surface area (Å²) in [5, 5.41) is 0. The van der Waals surface area contributed by atoms with Crippen molar-refractivity contribution in [3.05, 3.63) is 108 Å². The van der Waals surface area contributed by atoms with E-state index >= 15 is 0 Å². The van der Waals surface area contributed by atoms with Gasteiger partial charge in [0.05, 0.1) is 7.11 Å². The fourth-order valence-electron chi connectivity index (χ4n) is 2.36. The smallest absolute Gasteiger partial charge is 0.118 e. The zero-order valence-electron chi connectivity index (χ0n) is 17.6. The Morgan fingerprint density at radius 1 is 0.714 bits per heavy atom. The molecule has 0 radical (unpaired) electrons. The van der Waals surface area contributed by atoms with Crippen LogP contribution < -0.4 is 4.74 Å². The van der Waals surface area contributed by atoms with Gasteiger partial charge in [-0.1, -0.05) is 112 Å². The van der Waals surface area contributed by atoms with Gasteiger partial charge >= 0.3 is 0 Å². The molecule has 3 rings (SSSR count). The van der Waals surface area contributed by atoms with Gasteiger partial charge in [-0.15, -0.1) is 0 Å². The Kier molecular flexibility index (Phi) is 11.5. The van der Waals surface area contributed by atoms with Crippen LogP contribution in [0.25, 0.3) is 18.2 Å². The van der Waals surface area contributed by atoms with Crippen LogP contribution in [0.3, 0.4) is 0 Å². The summed E-state index contributed by atoms with van der Waals surface area (Å²) in [5.41, 5.74) is 4.99. The molecule has 0 N–H and O–H groups in total. The molecule has 146 valence electrons. The summed E-state index contributed by atoms with van der Waals surface area (Å²) in [4.78, 5) is 0. The van der Waals surface area contributed by atoms with Crippen molar-refractivity contribution in [1.82, 2.24) is 0 Å². The van der Waals surface area contributed by atoms with Gasteiger partial charge in [0.15, 0.2) is 0 Å². The monoisotopic (exact) mass is 372 g/mol. The van der Waals surface area contributed by atoms with E-state index in [-0.39, 0.29) is 0 Å². The van der Waals surface area contributed by atoms with Crippen molar-refractivity contribution in [3.63, 3.8) is 0 Å². The molecule has 1 heteroatoms. The molecule has 3 aromatic rings. The molecule has 0 fully saturated rings. The number of benzene rings is 3. The molecule has 0 spiro atoms. The van der Waals surface area contributed by atoms with Crippen LogP contribution in [-0.2, 0) is 6.42 Å². The van der Waals surface area contributed by atoms with E-state index < -0.39 is 0 Å². The third-order valence-corrected chi connectivity index (χ3v) is 4.01. The van der Waals surface area contributed by atoms with Gasteiger partial charge in [0.1, 0.15) is 5.75 Å². The Hall–Kier alpha value is -3.06. The van der Waals surface area contributed by atoms with Gasteiger partial charge in [-0.25, -0.2) is 0 Å². The lowest BCUT2D eigenvalue weighted by Gasteiger charge is -1.97. The van der Waals surface area contributed by atoms with Crippen LogP contribution in [0, 0.1) is 0 Å². The quantitative estimate of drug-likeness (QED) is 0.415. The Labute approximate surface area is 171 Å². The molecule has 28 heavy (non-hydrogen) atoms. The number of hydrogen-bond acceptors (Lipinski definition) is 1. The molecule has 0 heterocycles. The molecule has 0 aliphatic carbocycles. The average Bonchev–Trinajstić information content (AvgIpc) is 2.80. The molecule has 3 aromatic carbocycles. The molecular weight excluding hydrogens is 340 g/mol. The fourth-order valence-corrected chi connectivity index (χ4v) is 2.36. The number of ether oxygens (including phenoxy) is 1. The van der Waals surface area contributed by atoms with E-state index in [0.717, 1.165) is 17.7 Å². The molecule has 0 aliphatic heterocycles. The summed E-state index contributed by atoms with van der Waals surface area (Å²) in [6.45, 7) is 9.82. The van der Waals surface area contributed by atoms with E-state index in [4.69, 9.17) is 4.74 Å². The van der Waals surface area contributed by atoms with Crippen LogP contribution in [0.15, 0.2) is 85.4 Å². The van der Waals surface area contributed by atoms with Gasteiger partial charge in [-0.3, -0.25) is 0 Å². The van der Waals surface area contributed by atoms with E-state index in [1.165, 1.54) is 16.7 Å². The van der Waals surface area contributed by atoms with Crippen molar-refractivity contribution in [3.8, 4) is 5.75 Å². The Morgan fingerprint density at radius 3 is 1.68 bits per heavy atom. The van der Waals surface area contributed by atoms with E-state index in [1.54, 1.807) is 13.2 Å². The van der Waals surface area contributed by atoms with Crippen LogP contribution in [0.2, 0.25) is 0 Å². The lowest BCUT2D eigenvalue weighted by Crippen LogP contribution is -1.80. The van der Waals surface area contributed by atoms with Gasteiger partial charge in [-0.05, 0) is 40.8 Å². The molecular formula is C27H32O. The Bertz CT molecular complexity index is 797. The summed E-state index contributed by atoms with van der Waals surface area (Å²) < 4.78 is 4.98. The lowest BCUT2D eigenvalue weighted by molar-refractivity contribution is 0.415. The lowest BCUT2D eigenvalue weighted by atomic mass is 10.1. The van der Waals surface area contributed by atoms with Crippen LogP contribution >= 0.6 is 0 Å². The molecule has 0 unspecified atom stereocenters. The maximum atomic E-state index is 4.98. The van der Waals surface area contributed by atoms with E-state index in [0.29, 0.717) is 0 Å². The van der Waals surface area contributed by atoms with Crippen LogP contribution in [0.1, 0.15) is 43.0 Å². The van der Waals surface area contributed by atoms with Crippen LogP contribution in [0.5, 0.6) is 5.75 Å². The predicted octanol–water partition coefficient (Wildman–Crippen LogP) is 7.78. The first-order valence-corrected chi connectivity index (χ1v) is 9.83. The number of aryl methyl sites for hydroxylation is 1. The van der Waals surface area contributed by atoms with E-state index in [9.17, 15) is 0 Å². The summed E-state index contributed by atoms with van der Waals surface area (Å²) >= 11 is 0. The highest BCUT2D eigenvalue weighted by molar-refractivity contribution is 5.69. The molecule has 1 nitrogen and oxygen atoms in total. The third-order valence-electron chi connectivity index (χ3n) is 4.01. The maximum absolute atomic E-state index is 4.98. The molecule has 0 aliphatic rings. The normalized spacial score (nSPS) is 9.57. The number of hydrogen-bond donors (Lipinski definition) is 0. The Morgan fingerprint density at radius 2 is 1.21 bits per heavy atom. The zero-order valence-corrected chi connectivity index (χ0v) is 17.6. The number of rotatable bonds is 5. The second-order valence-electron chi connectivity index (χ2n) is 5.82. The summed E-state index contributed by atoms with van der Waals surface area (Å²) in [6, 6.07) is 26.8. The van der Waals surface area contributed by atoms with Crippen molar-refractivity contribution >= 4 is 18.2 Å². The molecule has 0 saturated carbocycles. The summed E-state index contributed by atoms with van der Waals surface area (Å²) in [6.07, 6.45) is 7.19. The minimum atomic E-state index is 0.880. The maximum Gasteiger partial charge on any atom is 0.118 e. The standard InChI is InChI=1S/C16H16.C9H10O.C2H6/c1-2-14-8-10-16(11-9-14)13-12-15-6-4-3-5-7-15;1-3-8-4-6-9(10-2)7-5-8;1-2/h3-13H,2H2,1H3;3-7H,1H2,2H3;1-2H3/b13-12+;;. The molecule has 0 atom stereocenters.